The normalized spacial score (nSPS) is 16.0. The average Bonchev–Trinajstić information content (AvgIpc) is 3.09. The summed E-state index contributed by atoms with van der Waals surface area (Å²) in [5.41, 5.74) is 2.24. The first-order chi connectivity index (χ1) is 15.0. The van der Waals surface area contributed by atoms with E-state index in [1.54, 1.807) is 30.3 Å². The number of ether oxygens (including phenoxy) is 1. The smallest absolute Gasteiger partial charge is 0.264 e. The molecule has 4 rings (SSSR count). The van der Waals surface area contributed by atoms with Crippen LogP contribution in [0.4, 0.5) is 10.1 Å². The second kappa shape index (κ2) is 9.56. The van der Waals surface area contributed by atoms with Crippen LogP contribution in [0.5, 0.6) is 5.75 Å². The lowest BCUT2D eigenvalue weighted by Crippen LogP contribution is -2.19. The molecule has 0 unspecified atom stereocenters. The third-order valence-corrected chi connectivity index (χ3v) is 5.79. The number of hydrogen-bond acceptors (Lipinski definition) is 4. The molecule has 0 saturated carbocycles. The Bertz CT molecular complexity index is 1180. The maximum Gasteiger partial charge on any atom is 0.264 e. The van der Waals surface area contributed by atoms with E-state index in [2.05, 4.69) is 10.3 Å². The number of thioether (sulfide) groups is 1. The minimum Gasteiger partial charge on any atom is -0.489 e. The van der Waals surface area contributed by atoms with Crippen molar-refractivity contribution < 1.29 is 13.9 Å². The van der Waals surface area contributed by atoms with Gasteiger partial charge in [0.05, 0.1) is 10.6 Å². The number of aliphatic imine (C=N–C) groups is 1. The van der Waals surface area contributed by atoms with Gasteiger partial charge in [-0.2, -0.15) is 0 Å². The third kappa shape index (κ3) is 5.67. The van der Waals surface area contributed by atoms with Crippen molar-refractivity contribution >= 4 is 57.8 Å². The van der Waals surface area contributed by atoms with Crippen LogP contribution in [0.3, 0.4) is 0 Å². The summed E-state index contributed by atoms with van der Waals surface area (Å²) in [5.74, 6) is 0.107. The fraction of sp³-hybridized carbons (Fsp3) is 0.0435. The predicted octanol–water partition coefficient (Wildman–Crippen LogP) is 6.60. The van der Waals surface area contributed by atoms with Crippen LogP contribution in [0.2, 0.25) is 10.0 Å². The molecule has 156 valence electrons. The molecule has 0 bridgehead atoms. The molecular weight excluding hydrogens is 458 g/mol. The van der Waals surface area contributed by atoms with Crippen LogP contribution in [0.25, 0.3) is 6.08 Å². The van der Waals surface area contributed by atoms with Crippen LogP contribution in [-0.2, 0) is 11.4 Å². The van der Waals surface area contributed by atoms with Crippen molar-refractivity contribution in [1.29, 1.82) is 0 Å². The van der Waals surface area contributed by atoms with Gasteiger partial charge in [-0.25, -0.2) is 9.38 Å². The number of carbonyl (C=O) groups is 1. The van der Waals surface area contributed by atoms with Crippen molar-refractivity contribution in [3.05, 3.63) is 98.6 Å². The Hall–Kier alpha value is -2.80. The molecule has 0 spiro atoms. The number of rotatable bonds is 5. The number of amidine groups is 1. The molecule has 1 fully saturated rings. The van der Waals surface area contributed by atoms with E-state index < -0.39 is 0 Å². The summed E-state index contributed by atoms with van der Waals surface area (Å²) in [5, 5.41) is 4.29. The Morgan fingerprint density at radius 2 is 1.77 bits per heavy atom. The van der Waals surface area contributed by atoms with Crippen LogP contribution in [0.1, 0.15) is 11.1 Å². The third-order valence-electron chi connectivity index (χ3n) is 4.30. The van der Waals surface area contributed by atoms with Gasteiger partial charge in [0.2, 0.25) is 0 Å². The topological polar surface area (TPSA) is 50.7 Å². The zero-order chi connectivity index (χ0) is 21.8. The van der Waals surface area contributed by atoms with Crippen molar-refractivity contribution in [2.75, 3.05) is 0 Å². The van der Waals surface area contributed by atoms with E-state index in [0.29, 0.717) is 38.2 Å². The highest BCUT2D eigenvalue weighted by Crippen LogP contribution is 2.29. The van der Waals surface area contributed by atoms with Crippen LogP contribution >= 0.6 is 35.0 Å². The molecule has 0 atom stereocenters. The Morgan fingerprint density at radius 3 is 2.48 bits per heavy atom. The average molecular weight is 473 g/mol. The number of halogens is 3. The van der Waals surface area contributed by atoms with Gasteiger partial charge >= 0.3 is 0 Å². The van der Waals surface area contributed by atoms with Crippen molar-refractivity contribution in [3.8, 4) is 5.75 Å². The van der Waals surface area contributed by atoms with E-state index in [0.717, 1.165) is 11.1 Å². The van der Waals surface area contributed by atoms with E-state index in [9.17, 15) is 9.18 Å². The van der Waals surface area contributed by atoms with Gasteiger partial charge in [0.25, 0.3) is 5.91 Å². The van der Waals surface area contributed by atoms with E-state index >= 15 is 0 Å². The van der Waals surface area contributed by atoms with E-state index in [1.165, 1.54) is 23.9 Å². The van der Waals surface area contributed by atoms with E-state index in [-0.39, 0.29) is 11.7 Å². The molecule has 8 heteroatoms. The zero-order valence-corrected chi connectivity index (χ0v) is 18.3. The molecule has 1 amide bonds. The van der Waals surface area contributed by atoms with E-state index in [4.69, 9.17) is 27.9 Å². The highest BCUT2D eigenvalue weighted by atomic mass is 35.5. The van der Waals surface area contributed by atoms with Crippen LogP contribution in [0, 0.1) is 5.82 Å². The Morgan fingerprint density at radius 1 is 1.03 bits per heavy atom. The standard InChI is InChI=1S/C23H15Cl2FN2O2S/c24-16-4-3-15(20(25)12-16)13-30-19-9-1-14(2-10-19)11-21-22(29)28-23(31-21)27-18-7-5-17(26)6-8-18/h1-12H,13H2,(H,27,28,29)/b21-11+. The Labute approximate surface area is 192 Å². The fourth-order valence-corrected chi connectivity index (χ4v) is 4.03. The fourth-order valence-electron chi connectivity index (χ4n) is 2.72. The first kappa shape index (κ1) is 21.4. The van der Waals surface area contributed by atoms with Gasteiger partial charge < -0.3 is 10.1 Å². The largest absolute Gasteiger partial charge is 0.489 e. The lowest BCUT2D eigenvalue weighted by molar-refractivity contribution is -0.115. The molecule has 1 heterocycles. The molecule has 1 saturated heterocycles. The highest BCUT2D eigenvalue weighted by Gasteiger charge is 2.23. The first-order valence-electron chi connectivity index (χ1n) is 9.18. The van der Waals surface area contributed by atoms with Gasteiger partial charge in [0.1, 0.15) is 18.2 Å². The predicted molar refractivity (Wildman–Crippen MR) is 124 cm³/mol. The number of nitrogens with one attached hydrogen (secondary N) is 1. The molecular formula is C23H15Cl2FN2O2S. The summed E-state index contributed by atoms with van der Waals surface area (Å²) in [6.07, 6.45) is 1.77. The van der Waals surface area contributed by atoms with Crippen molar-refractivity contribution in [2.24, 2.45) is 4.99 Å². The Kier molecular flexibility index (Phi) is 6.61. The quantitative estimate of drug-likeness (QED) is 0.425. The lowest BCUT2D eigenvalue weighted by Gasteiger charge is -2.08. The van der Waals surface area contributed by atoms with Gasteiger partial charge in [0, 0.05) is 15.6 Å². The molecule has 0 aromatic heterocycles. The van der Waals surface area contributed by atoms with E-state index in [1.807, 2.05) is 30.3 Å². The zero-order valence-electron chi connectivity index (χ0n) is 15.9. The lowest BCUT2D eigenvalue weighted by atomic mass is 10.2. The molecule has 0 aliphatic carbocycles. The summed E-state index contributed by atoms with van der Waals surface area (Å²) in [6, 6.07) is 18.4. The van der Waals surface area contributed by atoms with Crippen molar-refractivity contribution in [3.63, 3.8) is 0 Å². The monoisotopic (exact) mass is 472 g/mol. The molecule has 4 nitrogen and oxygen atoms in total. The molecule has 31 heavy (non-hydrogen) atoms. The summed E-state index contributed by atoms with van der Waals surface area (Å²) in [4.78, 5) is 17.1. The number of carbonyl (C=O) groups excluding carboxylic acids is 1. The summed E-state index contributed by atoms with van der Waals surface area (Å²) < 4.78 is 18.8. The number of amides is 1. The van der Waals surface area contributed by atoms with Gasteiger partial charge in [-0.1, -0.05) is 41.4 Å². The summed E-state index contributed by atoms with van der Waals surface area (Å²) in [6.45, 7) is 0.317. The number of benzene rings is 3. The summed E-state index contributed by atoms with van der Waals surface area (Å²) in [7, 11) is 0. The van der Waals surface area contributed by atoms with Gasteiger partial charge in [-0.05, 0) is 71.9 Å². The Balaban J connectivity index is 1.40. The SMILES string of the molecule is O=C1NC(=Nc2ccc(F)cc2)S/C1=C/c1ccc(OCc2ccc(Cl)cc2Cl)cc1. The molecule has 0 radical (unpaired) electrons. The second-order valence-corrected chi connectivity index (χ2v) is 8.43. The van der Waals surface area contributed by atoms with Gasteiger partial charge in [-0.15, -0.1) is 0 Å². The summed E-state index contributed by atoms with van der Waals surface area (Å²) >= 11 is 13.3. The van der Waals surface area contributed by atoms with Crippen molar-refractivity contribution in [2.45, 2.75) is 6.61 Å². The molecule has 1 aliphatic heterocycles. The highest BCUT2D eigenvalue weighted by molar-refractivity contribution is 8.18. The molecule has 3 aromatic rings. The van der Waals surface area contributed by atoms with Gasteiger partial charge in [0.15, 0.2) is 5.17 Å². The molecule has 1 aliphatic rings. The van der Waals surface area contributed by atoms with Crippen LogP contribution in [-0.4, -0.2) is 11.1 Å². The first-order valence-corrected chi connectivity index (χ1v) is 10.8. The van der Waals surface area contributed by atoms with Gasteiger partial charge in [-0.3, -0.25) is 4.79 Å². The maximum absolute atomic E-state index is 13.0. The minimum atomic E-state index is -0.337. The van der Waals surface area contributed by atoms with Crippen LogP contribution in [0.15, 0.2) is 76.6 Å². The molecule has 1 N–H and O–H groups in total. The van der Waals surface area contributed by atoms with Crippen molar-refractivity contribution in [1.82, 2.24) is 5.32 Å². The van der Waals surface area contributed by atoms with Crippen LogP contribution < -0.4 is 10.1 Å². The maximum atomic E-state index is 13.0. The second-order valence-electron chi connectivity index (χ2n) is 6.55. The molecule has 3 aromatic carbocycles. The number of nitrogens with zero attached hydrogens (tertiary/aromatic N) is 1. The number of hydrogen-bond donors (Lipinski definition) is 1. The minimum absolute atomic E-state index is 0.233.